The van der Waals surface area contributed by atoms with Crippen LogP contribution in [-0.2, 0) is 6.54 Å². The molecule has 0 amide bonds. The summed E-state index contributed by atoms with van der Waals surface area (Å²) in [5.74, 6) is 0. The third-order valence-corrected chi connectivity index (χ3v) is 2.47. The Morgan fingerprint density at radius 3 is 3.00 bits per heavy atom. The van der Waals surface area contributed by atoms with Gasteiger partial charge in [-0.15, -0.1) is 5.10 Å². The van der Waals surface area contributed by atoms with Crippen molar-refractivity contribution in [3.8, 4) is 0 Å². The Morgan fingerprint density at radius 1 is 1.38 bits per heavy atom. The Bertz CT molecular complexity index is 199. The third-order valence-electron chi connectivity index (χ3n) is 1.92. The minimum Gasteiger partial charge on any atom is -0.311 e. The van der Waals surface area contributed by atoms with Gasteiger partial charge in [0.15, 0.2) is 0 Å². The van der Waals surface area contributed by atoms with Gasteiger partial charge in [-0.2, -0.15) is 0 Å². The topological polar surface area (TPSA) is 37.8 Å². The molecular weight excluding hydrogens is 182 g/mol. The molecule has 3 nitrogen and oxygen atoms in total. The first-order chi connectivity index (χ1) is 6.43. The van der Waals surface area contributed by atoms with E-state index in [1.807, 2.05) is 5.38 Å². The molecule has 0 aliphatic rings. The van der Waals surface area contributed by atoms with Gasteiger partial charge in [-0.3, -0.25) is 0 Å². The molecule has 0 aliphatic heterocycles. The zero-order chi connectivity index (χ0) is 9.36. The maximum absolute atomic E-state index is 3.96. The van der Waals surface area contributed by atoms with Gasteiger partial charge >= 0.3 is 0 Å². The van der Waals surface area contributed by atoms with Crippen molar-refractivity contribution in [2.45, 2.75) is 39.2 Å². The van der Waals surface area contributed by atoms with Gasteiger partial charge in [-0.25, -0.2) is 0 Å². The molecule has 0 aromatic carbocycles. The van der Waals surface area contributed by atoms with E-state index in [4.69, 9.17) is 0 Å². The number of unbranched alkanes of at least 4 members (excludes halogenated alkanes) is 3. The highest BCUT2D eigenvalue weighted by atomic mass is 32.1. The highest BCUT2D eigenvalue weighted by Gasteiger charge is 1.94. The van der Waals surface area contributed by atoms with Gasteiger partial charge in [0.2, 0.25) is 0 Å². The van der Waals surface area contributed by atoms with Crippen molar-refractivity contribution in [2.24, 2.45) is 0 Å². The van der Waals surface area contributed by atoms with Crippen molar-refractivity contribution >= 4 is 11.5 Å². The summed E-state index contributed by atoms with van der Waals surface area (Å²) in [7, 11) is 0. The number of aromatic nitrogens is 2. The highest BCUT2D eigenvalue weighted by molar-refractivity contribution is 7.03. The van der Waals surface area contributed by atoms with Gasteiger partial charge in [-0.05, 0) is 24.5 Å². The van der Waals surface area contributed by atoms with Gasteiger partial charge in [0.05, 0.1) is 5.69 Å². The van der Waals surface area contributed by atoms with E-state index in [9.17, 15) is 0 Å². The number of hydrogen-bond donors (Lipinski definition) is 1. The van der Waals surface area contributed by atoms with E-state index >= 15 is 0 Å². The van der Waals surface area contributed by atoms with Gasteiger partial charge in [0.25, 0.3) is 0 Å². The van der Waals surface area contributed by atoms with Crippen molar-refractivity contribution in [3.63, 3.8) is 0 Å². The number of nitrogens with one attached hydrogen (secondary N) is 1. The van der Waals surface area contributed by atoms with Crippen LogP contribution < -0.4 is 5.32 Å². The van der Waals surface area contributed by atoms with E-state index < -0.39 is 0 Å². The second-order valence-corrected chi connectivity index (χ2v) is 3.74. The van der Waals surface area contributed by atoms with Gasteiger partial charge < -0.3 is 5.32 Å². The van der Waals surface area contributed by atoms with Crippen LogP contribution in [0.4, 0.5) is 0 Å². The third kappa shape index (κ3) is 4.95. The second kappa shape index (κ2) is 6.97. The lowest BCUT2D eigenvalue weighted by Crippen LogP contribution is -2.14. The zero-order valence-electron chi connectivity index (χ0n) is 8.12. The van der Waals surface area contributed by atoms with Crippen LogP contribution in [0.3, 0.4) is 0 Å². The largest absolute Gasteiger partial charge is 0.311 e. The molecule has 1 aromatic rings. The Hall–Kier alpha value is -0.480. The van der Waals surface area contributed by atoms with E-state index in [2.05, 4.69) is 21.8 Å². The summed E-state index contributed by atoms with van der Waals surface area (Å²) in [4.78, 5) is 0. The number of nitrogens with zero attached hydrogens (tertiary/aromatic N) is 2. The normalized spacial score (nSPS) is 10.5. The molecule has 0 saturated heterocycles. The lowest BCUT2D eigenvalue weighted by Gasteiger charge is -2.00. The molecule has 0 bridgehead atoms. The molecule has 1 rings (SSSR count). The Balaban J connectivity index is 1.90. The molecule has 0 unspecified atom stereocenters. The van der Waals surface area contributed by atoms with Crippen LogP contribution in [0.25, 0.3) is 0 Å². The molecule has 4 heteroatoms. The molecule has 0 radical (unpaired) electrons. The fourth-order valence-corrected chi connectivity index (χ4v) is 1.61. The fraction of sp³-hybridized carbons (Fsp3) is 0.778. The maximum Gasteiger partial charge on any atom is 0.0893 e. The molecule has 0 aliphatic carbocycles. The molecule has 74 valence electrons. The molecule has 1 N–H and O–H groups in total. The summed E-state index contributed by atoms with van der Waals surface area (Å²) in [6.07, 6.45) is 5.25. The first kappa shape index (κ1) is 10.6. The van der Waals surface area contributed by atoms with Crippen LogP contribution in [0.15, 0.2) is 5.38 Å². The first-order valence-corrected chi connectivity index (χ1v) is 5.73. The summed E-state index contributed by atoms with van der Waals surface area (Å²) in [6, 6.07) is 0. The highest BCUT2D eigenvalue weighted by Crippen LogP contribution is 1.98. The summed E-state index contributed by atoms with van der Waals surface area (Å²) in [5.41, 5.74) is 1.06. The molecular formula is C9H17N3S. The van der Waals surface area contributed by atoms with E-state index in [0.717, 1.165) is 18.8 Å². The van der Waals surface area contributed by atoms with Crippen molar-refractivity contribution < 1.29 is 0 Å². The van der Waals surface area contributed by atoms with Crippen molar-refractivity contribution in [1.82, 2.24) is 14.9 Å². The summed E-state index contributed by atoms with van der Waals surface area (Å²) < 4.78 is 3.80. The SMILES string of the molecule is CCCCCCNCc1csnn1. The lowest BCUT2D eigenvalue weighted by molar-refractivity contribution is 0.593. The fourth-order valence-electron chi connectivity index (χ4n) is 1.15. The quantitative estimate of drug-likeness (QED) is 0.684. The molecule has 1 heterocycles. The summed E-state index contributed by atoms with van der Waals surface area (Å²) >= 11 is 1.41. The second-order valence-electron chi connectivity index (χ2n) is 3.13. The van der Waals surface area contributed by atoms with Gasteiger partial charge in [0.1, 0.15) is 0 Å². The average molecular weight is 199 g/mol. The smallest absolute Gasteiger partial charge is 0.0893 e. The minimum absolute atomic E-state index is 0.864. The van der Waals surface area contributed by atoms with E-state index in [1.165, 1.54) is 37.2 Å². The van der Waals surface area contributed by atoms with E-state index in [0.29, 0.717) is 0 Å². The van der Waals surface area contributed by atoms with Gasteiger partial charge in [0, 0.05) is 11.9 Å². The van der Waals surface area contributed by atoms with E-state index in [-0.39, 0.29) is 0 Å². The number of hydrogen-bond acceptors (Lipinski definition) is 4. The Kier molecular flexibility index (Phi) is 5.69. The molecule has 13 heavy (non-hydrogen) atoms. The minimum atomic E-state index is 0.864. The van der Waals surface area contributed by atoms with Crippen molar-refractivity contribution in [1.29, 1.82) is 0 Å². The predicted octanol–water partition coefficient (Wildman–Crippen LogP) is 2.21. The van der Waals surface area contributed by atoms with Crippen molar-refractivity contribution in [3.05, 3.63) is 11.1 Å². The predicted molar refractivity (Wildman–Crippen MR) is 55.8 cm³/mol. The first-order valence-electron chi connectivity index (χ1n) is 4.90. The van der Waals surface area contributed by atoms with Crippen LogP contribution in [-0.4, -0.2) is 16.1 Å². The summed E-state index contributed by atoms with van der Waals surface area (Å²) in [6.45, 7) is 4.19. The van der Waals surface area contributed by atoms with Gasteiger partial charge in [-0.1, -0.05) is 30.7 Å². The molecule has 0 spiro atoms. The van der Waals surface area contributed by atoms with Crippen LogP contribution in [0, 0.1) is 0 Å². The van der Waals surface area contributed by atoms with Crippen LogP contribution >= 0.6 is 11.5 Å². The molecule has 1 aromatic heterocycles. The lowest BCUT2D eigenvalue weighted by atomic mass is 10.2. The Labute approximate surface area is 83.7 Å². The Morgan fingerprint density at radius 2 is 2.31 bits per heavy atom. The van der Waals surface area contributed by atoms with Crippen LogP contribution in [0.1, 0.15) is 38.3 Å². The monoisotopic (exact) mass is 199 g/mol. The maximum atomic E-state index is 3.96. The number of rotatable bonds is 7. The molecule has 0 saturated carbocycles. The van der Waals surface area contributed by atoms with Crippen molar-refractivity contribution in [2.75, 3.05) is 6.54 Å². The standard InChI is InChI=1S/C9H17N3S/c1-2-3-4-5-6-10-7-9-8-13-12-11-9/h8,10H,2-7H2,1H3. The van der Waals surface area contributed by atoms with Crippen LogP contribution in [0.5, 0.6) is 0 Å². The average Bonchev–Trinajstić information content (AvgIpc) is 2.63. The summed E-state index contributed by atoms with van der Waals surface area (Å²) in [5, 5.41) is 9.29. The van der Waals surface area contributed by atoms with Crippen LogP contribution in [0.2, 0.25) is 0 Å². The zero-order valence-corrected chi connectivity index (χ0v) is 8.94. The molecule has 0 fully saturated rings. The molecule has 0 atom stereocenters. The van der Waals surface area contributed by atoms with E-state index in [1.54, 1.807) is 0 Å².